The van der Waals surface area contributed by atoms with Gasteiger partial charge in [0.15, 0.2) is 0 Å². The summed E-state index contributed by atoms with van der Waals surface area (Å²) in [5.74, 6) is 0.232. The lowest BCUT2D eigenvalue weighted by atomic mass is 9.93. The Hall–Kier alpha value is -1.37. The summed E-state index contributed by atoms with van der Waals surface area (Å²) in [6.07, 6.45) is 1.50. The van der Waals surface area contributed by atoms with Crippen LogP contribution in [0.4, 0.5) is 0 Å². The summed E-state index contributed by atoms with van der Waals surface area (Å²) in [6.45, 7) is 8.10. The van der Waals surface area contributed by atoms with Crippen LogP contribution in [0.5, 0.6) is 0 Å². The van der Waals surface area contributed by atoms with Gasteiger partial charge >= 0.3 is 0 Å². The number of aryl methyl sites for hydroxylation is 1. The highest BCUT2D eigenvalue weighted by molar-refractivity contribution is 5.68. The summed E-state index contributed by atoms with van der Waals surface area (Å²) in [7, 11) is 0. The Morgan fingerprint density at radius 3 is 2.50 bits per heavy atom. The van der Waals surface area contributed by atoms with E-state index in [1.165, 1.54) is 5.56 Å². The molecule has 1 aromatic carbocycles. The van der Waals surface area contributed by atoms with E-state index in [1.807, 2.05) is 6.92 Å². The lowest BCUT2D eigenvalue weighted by Gasteiger charge is -2.12. The van der Waals surface area contributed by atoms with E-state index in [9.17, 15) is 4.79 Å². The molecule has 0 amide bonds. The minimum atomic E-state index is 0.232. The standard InChI is InChI=1S/C13H16O/c1-10-4-6-13(7-5-10)12(3)11(2)8-9-14/h4-7,9,11H,3,8H2,1-2H3. The predicted octanol–water partition coefficient (Wildman–Crippen LogP) is 3.23. The molecule has 0 aliphatic rings. The van der Waals surface area contributed by atoms with Gasteiger partial charge < -0.3 is 4.79 Å². The highest BCUT2D eigenvalue weighted by Gasteiger charge is 2.07. The van der Waals surface area contributed by atoms with Crippen LogP contribution in [0, 0.1) is 12.8 Å². The van der Waals surface area contributed by atoms with Crippen molar-refractivity contribution in [2.24, 2.45) is 5.92 Å². The fraction of sp³-hybridized carbons (Fsp3) is 0.308. The summed E-state index contributed by atoms with van der Waals surface area (Å²) >= 11 is 0. The Bertz CT molecular complexity index is 322. The Kier molecular flexibility index (Phi) is 3.63. The van der Waals surface area contributed by atoms with Crippen molar-refractivity contribution in [1.82, 2.24) is 0 Å². The molecule has 0 spiro atoms. The number of carbonyl (C=O) groups excluding carboxylic acids is 1. The van der Waals surface area contributed by atoms with E-state index in [4.69, 9.17) is 0 Å². The van der Waals surface area contributed by atoms with Gasteiger partial charge in [-0.3, -0.25) is 0 Å². The minimum absolute atomic E-state index is 0.232. The van der Waals surface area contributed by atoms with Gasteiger partial charge in [-0.25, -0.2) is 0 Å². The molecule has 1 heteroatoms. The molecule has 14 heavy (non-hydrogen) atoms. The van der Waals surface area contributed by atoms with Crippen LogP contribution in [-0.2, 0) is 4.79 Å². The third-order valence-electron chi connectivity index (χ3n) is 2.47. The second-order valence-corrected chi connectivity index (χ2v) is 3.69. The Labute approximate surface area is 85.5 Å². The normalized spacial score (nSPS) is 12.1. The first-order valence-electron chi connectivity index (χ1n) is 4.84. The van der Waals surface area contributed by atoms with Crippen molar-refractivity contribution in [3.63, 3.8) is 0 Å². The topological polar surface area (TPSA) is 17.1 Å². The largest absolute Gasteiger partial charge is 0.303 e. The van der Waals surface area contributed by atoms with Crippen LogP contribution < -0.4 is 0 Å². The van der Waals surface area contributed by atoms with Gasteiger partial charge in [0, 0.05) is 6.42 Å². The number of aldehydes is 1. The molecule has 1 nitrogen and oxygen atoms in total. The molecule has 1 aromatic rings. The third kappa shape index (κ3) is 2.56. The molecule has 0 aromatic heterocycles. The van der Waals surface area contributed by atoms with Gasteiger partial charge in [0.25, 0.3) is 0 Å². The van der Waals surface area contributed by atoms with E-state index >= 15 is 0 Å². The molecule has 0 bridgehead atoms. The molecular formula is C13H16O. The highest BCUT2D eigenvalue weighted by atomic mass is 16.1. The van der Waals surface area contributed by atoms with Crippen molar-refractivity contribution in [2.75, 3.05) is 0 Å². The average molecular weight is 188 g/mol. The maximum atomic E-state index is 10.4. The molecule has 0 saturated heterocycles. The first kappa shape index (κ1) is 10.7. The molecule has 1 unspecified atom stereocenters. The molecule has 0 heterocycles. The molecule has 0 fully saturated rings. The third-order valence-corrected chi connectivity index (χ3v) is 2.47. The van der Waals surface area contributed by atoms with Crippen molar-refractivity contribution in [3.05, 3.63) is 42.0 Å². The smallest absolute Gasteiger partial charge is 0.120 e. The molecule has 0 aliphatic carbocycles. The van der Waals surface area contributed by atoms with Crippen LogP contribution in [-0.4, -0.2) is 6.29 Å². The van der Waals surface area contributed by atoms with Crippen molar-refractivity contribution < 1.29 is 4.79 Å². The summed E-state index contributed by atoms with van der Waals surface area (Å²) < 4.78 is 0. The van der Waals surface area contributed by atoms with E-state index in [2.05, 4.69) is 37.8 Å². The Balaban J connectivity index is 2.78. The van der Waals surface area contributed by atoms with Crippen molar-refractivity contribution in [2.45, 2.75) is 20.3 Å². The minimum Gasteiger partial charge on any atom is -0.303 e. The Morgan fingerprint density at radius 1 is 1.43 bits per heavy atom. The van der Waals surface area contributed by atoms with Crippen LogP contribution in [0.15, 0.2) is 30.8 Å². The van der Waals surface area contributed by atoms with Crippen molar-refractivity contribution in [1.29, 1.82) is 0 Å². The number of hydrogen-bond acceptors (Lipinski definition) is 1. The highest BCUT2D eigenvalue weighted by Crippen LogP contribution is 2.23. The van der Waals surface area contributed by atoms with Crippen molar-refractivity contribution in [3.8, 4) is 0 Å². The average Bonchev–Trinajstić information content (AvgIpc) is 2.18. The van der Waals surface area contributed by atoms with Gasteiger partial charge in [-0.2, -0.15) is 0 Å². The molecule has 1 atom stereocenters. The van der Waals surface area contributed by atoms with Gasteiger partial charge in [-0.15, -0.1) is 0 Å². The first-order chi connectivity index (χ1) is 6.65. The Morgan fingerprint density at radius 2 is 2.00 bits per heavy atom. The van der Waals surface area contributed by atoms with Crippen molar-refractivity contribution >= 4 is 11.9 Å². The van der Waals surface area contributed by atoms with Crippen LogP contribution >= 0.6 is 0 Å². The number of allylic oxidation sites excluding steroid dienone is 1. The van der Waals surface area contributed by atoms with E-state index in [1.54, 1.807) is 0 Å². The summed E-state index contributed by atoms with van der Waals surface area (Å²) in [5.41, 5.74) is 3.41. The van der Waals surface area contributed by atoms with Crippen LogP contribution in [0.25, 0.3) is 5.57 Å². The van der Waals surface area contributed by atoms with Gasteiger partial charge in [-0.05, 0) is 24.0 Å². The number of rotatable bonds is 4. The molecule has 1 rings (SSSR count). The molecule has 0 saturated carbocycles. The second kappa shape index (κ2) is 4.75. The number of hydrogen-bond donors (Lipinski definition) is 0. The molecule has 0 aliphatic heterocycles. The molecule has 0 radical (unpaired) electrons. The summed E-state index contributed by atoms with van der Waals surface area (Å²) in [6, 6.07) is 8.24. The van der Waals surface area contributed by atoms with E-state index < -0.39 is 0 Å². The lowest BCUT2D eigenvalue weighted by molar-refractivity contribution is -0.108. The maximum Gasteiger partial charge on any atom is 0.120 e. The van der Waals surface area contributed by atoms with Gasteiger partial charge in [0.2, 0.25) is 0 Å². The quantitative estimate of drug-likeness (QED) is 0.663. The zero-order chi connectivity index (χ0) is 10.6. The van der Waals surface area contributed by atoms with E-state index in [0.717, 1.165) is 17.4 Å². The second-order valence-electron chi connectivity index (χ2n) is 3.69. The van der Waals surface area contributed by atoms with Gasteiger partial charge in [0.05, 0.1) is 0 Å². The zero-order valence-corrected chi connectivity index (χ0v) is 8.79. The van der Waals surface area contributed by atoms with E-state index in [0.29, 0.717) is 6.42 Å². The monoisotopic (exact) mass is 188 g/mol. The number of benzene rings is 1. The van der Waals surface area contributed by atoms with Crippen LogP contribution in [0.1, 0.15) is 24.5 Å². The van der Waals surface area contributed by atoms with E-state index in [-0.39, 0.29) is 5.92 Å². The van der Waals surface area contributed by atoms with Gasteiger partial charge in [0.1, 0.15) is 6.29 Å². The fourth-order valence-corrected chi connectivity index (χ4v) is 1.34. The molecular weight excluding hydrogens is 172 g/mol. The first-order valence-corrected chi connectivity index (χ1v) is 4.84. The van der Waals surface area contributed by atoms with Gasteiger partial charge in [-0.1, -0.05) is 43.3 Å². The molecule has 0 N–H and O–H groups in total. The SMILES string of the molecule is C=C(c1ccc(C)cc1)C(C)CC=O. The maximum absolute atomic E-state index is 10.4. The predicted molar refractivity (Wildman–Crippen MR) is 60.1 cm³/mol. The number of carbonyl (C=O) groups is 1. The summed E-state index contributed by atoms with van der Waals surface area (Å²) in [4.78, 5) is 10.4. The lowest BCUT2D eigenvalue weighted by Crippen LogP contribution is -1.98. The molecule has 74 valence electrons. The van der Waals surface area contributed by atoms with Crippen LogP contribution in [0.3, 0.4) is 0 Å². The fourth-order valence-electron chi connectivity index (χ4n) is 1.34. The zero-order valence-electron chi connectivity index (χ0n) is 8.79. The summed E-state index contributed by atoms with van der Waals surface area (Å²) in [5, 5.41) is 0. The van der Waals surface area contributed by atoms with Crippen LogP contribution in [0.2, 0.25) is 0 Å².